The Balaban J connectivity index is 1.93. The molecule has 154 valence electrons. The molecule has 0 aliphatic rings. The van der Waals surface area contributed by atoms with Crippen molar-refractivity contribution in [2.45, 2.75) is 31.2 Å². The number of pyridine rings is 2. The van der Waals surface area contributed by atoms with Crippen LogP contribution in [0.1, 0.15) is 36.8 Å². The van der Waals surface area contributed by atoms with Crippen molar-refractivity contribution in [3.63, 3.8) is 0 Å². The van der Waals surface area contributed by atoms with E-state index in [2.05, 4.69) is 9.97 Å². The van der Waals surface area contributed by atoms with Gasteiger partial charge in [-0.15, -0.1) is 0 Å². The van der Waals surface area contributed by atoms with Crippen molar-refractivity contribution in [1.82, 2.24) is 9.97 Å². The minimum Gasteiger partial charge on any atom is -0.330 e. The average Bonchev–Trinajstić information content (AvgIpc) is 2.75. The van der Waals surface area contributed by atoms with Crippen LogP contribution in [0.15, 0.2) is 60.9 Å². The summed E-state index contributed by atoms with van der Waals surface area (Å²) in [4.78, 5) is 9.01. The van der Waals surface area contributed by atoms with Gasteiger partial charge in [0.2, 0.25) is 0 Å². The molecule has 0 spiro atoms. The van der Waals surface area contributed by atoms with Crippen LogP contribution >= 0.6 is 23.2 Å². The lowest BCUT2D eigenvalue weighted by Crippen LogP contribution is -2.38. The predicted molar refractivity (Wildman–Crippen MR) is 126 cm³/mol. The number of halogens is 2. The largest absolute Gasteiger partial charge is 0.330 e. The van der Waals surface area contributed by atoms with E-state index in [9.17, 15) is 0 Å². The molecule has 0 bridgehead atoms. The van der Waals surface area contributed by atoms with Gasteiger partial charge in [0.15, 0.2) is 0 Å². The maximum absolute atomic E-state index is 7.28. The van der Waals surface area contributed by atoms with Gasteiger partial charge in [0.05, 0.1) is 16.6 Å². The third-order valence-corrected chi connectivity index (χ3v) is 6.12. The molecule has 4 N–H and O–H groups in total. The molecule has 4 rings (SSSR count). The Morgan fingerprint density at radius 3 is 1.77 bits per heavy atom. The molecule has 4 aromatic rings. The van der Waals surface area contributed by atoms with Crippen LogP contribution in [-0.2, 0) is 5.54 Å². The lowest BCUT2D eigenvalue weighted by atomic mass is 9.77. The van der Waals surface area contributed by atoms with E-state index in [0.29, 0.717) is 16.6 Å². The molecule has 0 saturated heterocycles. The van der Waals surface area contributed by atoms with Crippen LogP contribution in [0.2, 0.25) is 10.0 Å². The maximum atomic E-state index is 7.28. The standard InChI is InChI=1S/C24H24Cl2N4/c25-16-4-6-18-20(8-12-29-22(18)14-16)24(28,10-2-1-3-11-27)21-9-13-30-23-15-17(26)5-7-19(21)23/h4-9,12-15H,1-3,10-11,27-28H2. The molecule has 4 nitrogen and oxygen atoms in total. The Labute approximate surface area is 186 Å². The summed E-state index contributed by atoms with van der Waals surface area (Å²) >= 11 is 12.4. The highest BCUT2D eigenvalue weighted by Crippen LogP contribution is 2.39. The molecule has 0 unspecified atom stereocenters. The van der Waals surface area contributed by atoms with E-state index in [4.69, 9.17) is 34.7 Å². The second kappa shape index (κ2) is 8.86. The first-order valence-corrected chi connectivity index (χ1v) is 10.9. The third-order valence-electron chi connectivity index (χ3n) is 5.65. The summed E-state index contributed by atoms with van der Waals surface area (Å²) in [5.41, 5.74) is 16.0. The number of hydrogen-bond acceptors (Lipinski definition) is 4. The summed E-state index contributed by atoms with van der Waals surface area (Å²) in [7, 11) is 0. The minimum absolute atomic E-state index is 0.654. The van der Waals surface area contributed by atoms with E-state index in [1.54, 1.807) is 12.4 Å². The van der Waals surface area contributed by atoms with Gasteiger partial charge in [-0.25, -0.2) is 0 Å². The molecule has 0 aliphatic heterocycles. The average molecular weight is 439 g/mol. The van der Waals surface area contributed by atoms with E-state index < -0.39 is 5.54 Å². The number of fused-ring (bicyclic) bond motifs is 2. The second-order valence-corrected chi connectivity index (χ2v) is 8.48. The summed E-state index contributed by atoms with van der Waals surface area (Å²) < 4.78 is 0. The zero-order valence-electron chi connectivity index (χ0n) is 16.6. The van der Waals surface area contributed by atoms with Crippen LogP contribution < -0.4 is 11.5 Å². The van der Waals surface area contributed by atoms with Crippen molar-refractivity contribution in [2.75, 3.05) is 6.54 Å². The molecule has 0 amide bonds. The molecule has 0 atom stereocenters. The topological polar surface area (TPSA) is 77.8 Å². The molecule has 0 radical (unpaired) electrons. The zero-order chi connectivity index (χ0) is 21.1. The van der Waals surface area contributed by atoms with E-state index in [1.807, 2.05) is 48.5 Å². The van der Waals surface area contributed by atoms with Crippen molar-refractivity contribution < 1.29 is 0 Å². The molecule has 6 heteroatoms. The molecular formula is C24H24Cl2N4. The number of nitrogens with zero attached hydrogens (tertiary/aromatic N) is 2. The van der Waals surface area contributed by atoms with Gasteiger partial charge in [-0.1, -0.05) is 48.2 Å². The number of aromatic nitrogens is 2. The monoisotopic (exact) mass is 438 g/mol. The van der Waals surface area contributed by atoms with Crippen LogP contribution in [0.25, 0.3) is 21.8 Å². The Morgan fingerprint density at radius 2 is 1.27 bits per heavy atom. The normalized spacial score (nSPS) is 12.0. The number of benzene rings is 2. The van der Waals surface area contributed by atoms with Crippen molar-refractivity contribution >= 4 is 45.0 Å². The molecule has 0 aliphatic carbocycles. The number of nitrogens with two attached hydrogens (primary N) is 2. The van der Waals surface area contributed by atoms with Crippen molar-refractivity contribution in [3.8, 4) is 0 Å². The van der Waals surface area contributed by atoms with Crippen molar-refractivity contribution in [1.29, 1.82) is 0 Å². The Kier molecular flexibility index (Phi) is 6.21. The fourth-order valence-electron chi connectivity index (χ4n) is 4.16. The predicted octanol–water partition coefficient (Wildman–Crippen LogP) is 5.81. The Bertz CT molecular complexity index is 1110. The lowest BCUT2D eigenvalue weighted by Gasteiger charge is -2.33. The number of rotatable bonds is 7. The van der Waals surface area contributed by atoms with Gasteiger partial charge in [-0.3, -0.25) is 9.97 Å². The lowest BCUT2D eigenvalue weighted by molar-refractivity contribution is 0.464. The van der Waals surface area contributed by atoms with E-state index in [0.717, 1.165) is 58.6 Å². The van der Waals surface area contributed by atoms with Crippen LogP contribution in [0.4, 0.5) is 0 Å². The van der Waals surface area contributed by atoms with Gasteiger partial charge in [0.1, 0.15) is 0 Å². The Morgan fingerprint density at radius 1 is 0.733 bits per heavy atom. The smallest absolute Gasteiger partial charge is 0.0720 e. The van der Waals surface area contributed by atoms with Crippen LogP contribution in [0.5, 0.6) is 0 Å². The first-order chi connectivity index (χ1) is 14.5. The van der Waals surface area contributed by atoms with Crippen LogP contribution in [0, 0.1) is 0 Å². The molecule has 2 heterocycles. The summed E-state index contributed by atoms with van der Waals surface area (Å²) in [5, 5.41) is 3.31. The van der Waals surface area contributed by atoms with Gasteiger partial charge in [-0.05, 0) is 66.9 Å². The van der Waals surface area contributed by atoms with Gasteiger partial charge in [-0.2, -0.15) is 0 Å². The highest BCUT2D eigenvalue weighted by atomic mass is 35.5. The SMILES string of the molecule is NCCCCCC(N)(c1ccnc2cc(Cl)ccc12)c1ccnc2cc(Cl)ccc12. The van der Waals surface area contributed by atoms with Gasteiger partial charge in [0, 0.05) is 33.2 Å². The quantitative estimate of drug-likeness (QED) is 0.356. The van der Waals surface area contributed by atoms with E-state index in [-0.39, 0.29) is 0 Å². The first kappa shape index (κ1) is 21.0. The fourth-order valence-corrected chi connectivity index (χ4v) is 4.49. The Hall–Kier alpha value is -2.24. The van der Waals surface area contributed by atoms with Gasteiger partial charge >= 0.3 is 0 Å². The fraction of sp³-hybridized carbons (Fsp3) is 0.250. The highest BCUT2D eigenvalue weighted by Gasteiger charge is 2.32. The number of hydrogen-bond donors (Lipinski definition) is 2. The van der Waals surface area contributed by atoms with E-state index in [1.165, 1.54) is 0 Å². The van der Waals surface area contributed by atoms with E-state index >= 15 is 0 Å². The molecule has 2 aromatic carbocycles. The summed E-state index contributed by atoms with van der Waals surface area (Å²) in [5.74, 6) is 0. The van der Waals surface area contributed by atoms with Crippen LogP contribution in [-0.4, -0.2) is 16.5 Å². The van der Waals surface area contributed by atoms with Crippen molar-refractivity contribution in [3.05, 3.63) is 82.1 Å². The molecule has 2 aromatic heterocycles. The second-order valence-electron chi connectivity index (χ2n) is 7.61. The van der Waals surface area contributed by atoms with Crippen molar-refractivity contribution in [2.24, 2.45) is 11.5 Å². The third kappa shape index (κ3) is 4.01. The summed E-state index contributed by atoms with van der Waals surface area (Å²) in [6.45, 7) is 0.685. The zero-order valence-corrected chi connectivity index (χ0v) is 18.1. The molecule has 30 heavy (non-hydrogen) atoms. The highest BCUT2D eigenvalue weighted by molar-refractivity contribution is 6.31. The molecule has 0 fully saturated rings. The van der Waals surface area contributed by atoms with Gasteiger partial charge in [0.25, 0.3) is 0 Å². The molecule has 0 saturated carbocycles. The minimum atomic E-state index is -0.724. The summed E-state index contributed by atoms with van der Waals surface area (Å²) in [6, 6.07) is 15.5. The first-order valence-electron chi connectivity index (χ1n) is 10.1. The maximum Gasteiger partial charge on any atom is 0.0720 e. The molecular weight excluding hydrogens is 415 g/mol. The van der Waals surface area contributed by atoms with Gasteiger partial charge < -0.3 is 11.5 Å². The van der Waals surface area contributed by atoms with Crippen LogP contribution in [0.3, 0.4) is 0 Å². The number of unbranched alkanes of at least 4 members (excludes halogenated alkanes) is 2. The summed E-state index contributed by atoms with van der Waals surface area (Å²) in [6.07, 6.45) is 7.35.